The van der Waals surface area contributed by atoms with Crippen molar-refractivity contribution in [3.63, 3.8) is 0 Å². The Labute approximate surface area is 122 Å². The molecular formula is C16H28N2O2. The van der Waals surface area contributed by atoms with Crippen LogP contribution in [0.4, 0.5) is 0 Å². The average molecular weight is 280 g/mol. The number of nitrogens with one attached hydrogen (secondary N) is 1. The predicted molar refractivity (Wildman–Crippen MR) is 78.4 cm³/mol. The fourth-order valence-electron chi connectivity index (χ4n) is 3.89. The maximum absolute atomic E-state index is 12.9. The highest BCUT2D eigenvalue weighted by Gasteiger charge is 2.50. The number of fused-ring (bicyclic) bond motifs is 1. The third kappa shape index (κ3) is 2.86. The Morgan fingerprint density at radius 3 is 3.00 bits per heavy atom. The van der Waals surface area contributed by atoms with Crippen LogP contribution in [-0.2, 0) is 9.53 Å². The summed E-state index contributed by atoms with van der Waals surface area (Å²) in [5.74, 6) is 1.71. The quantitative estimate of drug-likeness (QED) is 0.752. The van der Waals surface area contributed by atoms with Crippen molar-refractivity contribution in [1.82, 2.24) is 10.2 Å². The summed E-state index contributed by atoms with van der Waals surface area (Å²) in [5, 5.41) is 3.45. The first-order valence-corrected chi connectivity index (χ1v) is 8.26. The van der Waals surface area contributed by atoms with Gasteiger partial charge in [-0.25, -0.2) is 0 Å². The Hall–Kier alpha value is -0.610. The van der Waals surface area contributed by atoms with Gasteiger partial charge < -0.3 is 15.0 Å². The largest absolute Gasteiger partial charge is 0.379 e. The minimum absolute atomic E-state index is 0.108. The summed E-state index contributed by atoms with van der Waals surface area (Å²) in [4.78, 5) is 14.8. The summed E-state index contributed by atoms with van der Waals surface area (Å²) in [7, 11) is 1.95. The minimum atomic E-state index is -0.108. The summed E-state index contributed by atoms with van der Waals surface area (Å²) in [5.41, 5.74) is -0.108. The van der Waals surface area contributed by atoms with E-state index in [0.717, 1.165) is 38.6 Å². The topological polar surface area (TPSA) is 41.6 Å². The number of likely N-dealkylation sites (N-methyl/N-ethyl adjacent to an activating group) is 1. The van der Waals surface area contributed by atoms with E-state index in [9.17, 15) is 4.79 Å². The first kappa shape index (κ1) is 14.3. The molecule has 1 heterocycles. The molecule has 2 atom stereocenters. The Kier molecular flexibility index (Phi) is 4.32. The van der Waals surface area contributed by atoms with E-state index in [1.54, 1.807) is 0 Å². The van der Waals surface area contributed by atoms with Gasteiger partial charge in [-0.1, -0.05) is 12.8 Å². The molecule has 0 aromatic carbocycles. The van der Waals surface area contributed by atoms with Crippen LogP contribution in [0.5, 0.6) is 0 Å². The minimum Gasteiger partial charge on any atom is -0.379 e. The summed E-state index contributed by atoms with van der Waals surface area (Å²) < 4.78 is 5.67. The average Bonchev–Trinajstić information content (AvgIpc) is 3.19. The molecule has 4 heteroatoms. The smallest absolute Gasteiger partial charge is 0.230 e. The molecule has 20 heavy (non-hydrogen) atoms. The van der Waals surface area contributed by atoms with Crippen LogP contribution >= 0.6 is 0 Å². The first-order chi connectivity index (χ1) is 9.72. The van der Waals surface area contributed by atoms with Gasteiger partial charge in [-0.15, -0.1) is 0 Å². The lowest BCUT2D eigenvalue weighted by atomic mass is 9.67. The molecule has 4 nitrogen and oxygen atoms in total. The molecule has 1 saturated heterocycles. The van der Waals surface area contributed by atoms with Crippen LogP contribution in [0, 0.1) is 17.3 Å². The van der Waals surface area contributed by atoms with Gasteiger partial charge in [-0.3, -0.25) is 4.79 Å². The fraction of sp³-hybridized carbons (Fsp3) is 0.938. The molecule has 0 aromatic rings. The van der Waals surface area contributed by atoms with Gasteiger partial charge in [0.05, 0.1) is 12.0 Å². The van der Waals surface area contributed by atoms with Gasteiger partial charge >= 0.3 is 0 Å². The van der Waals surface area contributed by atoms with Crippen LogP contribution in [0.15, 0.2) is 0 Å². The number of hydrogen-bond acceptors (Lipinski definition) is 3. The number of rotatable bonds is 6. The van der Waals surface area contributed by atoms with Crippen LogP contribution < -0.4 is 5.32 Å². The van der Waals surface area contributed by atoms with Crippen LogP contribution in [0.3, 0.4) is 0 Å². The number of carbonyl (C=O) groups excluding carboxylic acids is 1. The first-order valence-electron chi connectivity index (χ1n) is 8.26. The molecule has 1 amide bonds. The molecule has 3 rings (SSSR count). The maximum Gasteiger partial charge on any atom is 0.230 e. The van der Waals surface area contributed by atoms with Gasteiger partial charge in [0.25, 0.3) is 0 Å². The van der Waals surface area contributed by atoms with Crippen molar-refractivity contribution in [2.24, 2.45) is 17.3 Å². The van der Waals surface area contributed by atoms with Crippen molar-refractivity contribution in [3.8, 4) is 0 Å². The van der Waals surface area contributed by atoms with Crippen molar-refractivity contribution in [2.45, 2.75) is 38.5 Å². The lowest BCUT2D eigenvalue weighted by molar-refractivity contribution is -0.144. The molecule has 3 aliphatic rings. The molecule has 0 bridgehead atoms. The van der Waals surface area contributed by atoms with Crippen molar-refractivity contribution in [2.75, 3.05) is 39.9 Å². The van der Waals surface area contributed by atoms with Crippen molar-refractivity contribution in [1.29, 1.82) is 0 Å². The van der Waals surface area contributed by atoms with Crippen molar-refractivity contribution in [3.05, 3.63) is 0 Å². The summed E-state index contributed by atoms with van der Waals surface area (Å²) in [6.45, 7) is 4.21. The van der Waals surface area contributed by atoms with E-state index in [1.165, 1.54) is 32.1 Å². The van der Waals surface area contributed by atoms with Gasteiger partial charge in [0.2, 0.25) is 5.91 Å². The number of hydrogen-bond donors (Lipinski definition) is 1. The zero-order valence-electron chi connectivity index (χ0n) is 12.7. The van der Waals surface area contributed by atoms with E-state index in [-0.39, 0.29) is 5.41 Å². The highest BCUT2D eigenvalue weighted by Crippen LogP contribution is 2.44. The highest BCUT2D eigenvalue weighted by atomic mass is 16.5. The lowest BCUT2D eigenvalue weighted by Crippen LogP contribution is -2.49. The molecule has 1 aliphatic heterocycles. The molecule has 1 N–H and O–H groups in total. The molecule has 2 aliphatic carbocycles. The maximum atomic E-state index is 12.9. The van der Waals surface area contributed by atoms with Gasteiger partial charge in [0.15, 0.2) is 0 Å². The van der Waals surface area contributed by atoms with E-state index in [4.69, 9.17) is 4.74 Å². The van der Waals surface area contributed by atoms with Crippen LogP contribution in [0.2, 0.25) is 0 Å². The van der Waals surface area contributed by atoms with Gasteiger partial charge in [0, 0.05) is 26.7 Å². The third-order valence-electron chi connectivity index (χ3n) is 5.43. The third-order valence-corrected chi connectivity index (χ3v) is 5.43. The van der Waals surface area contributed by atoms with E-state index in [2.05, 4.69) is 5.32 Å². The molecule has 0 unspecified atom stereocenters. The molecular weight excluding hydrogens is 252 g/mol. The van der Waals surface area contributed by atoms with E-state index in [0.29, 0.717) is 18.4 Å². The van der Waals surface area contributed by atoms with Crippen molar-refractivity contribution < 1.29 is 9.53 Å². The standard InChI is InChI=1S/C16H28N2O2/c1-18(8-9-20-11-13-5-6-13)15(19)16-7-3-2-4-14(16)10-17-12-16/h13-14,17H,2-12H2,1H3/t14-,16+/m0/s1. The normalized spacial score (nSPS) is 33.0. The number of ether oxygens (including phenoxy) is 1. The summed E-state index contributed by atoms with van der Waals surface area (Å²) in [6.07, 6.45) is 7.42. The SMILES string of the molecule is CN(CCOCC1CC1)C(=O)[C@@]12CCCC[C@H]1CNC2. The Bertz CT molecular complexity index is 356. The van der Waals surface area contributed by atoms with E-state index in [1.807, 2.05) is 11.9 Å². The number of nitrogens with zero attached hydrogens (tertiary/aromatic N) is 1. The summed E-state index contributed by atoms with van der Waals surface area (Å²) >= 11 is 0. The van der Waals surface area contributed by atoms with Crippen LogP contribution in [-0.4, -0.2) is 50.7 Å². The summed E-state index contributed by atoms with van der Waals surface area (Å²) in [6, 6.07) is 0. The molecule has 114 valence electrons. The zero-order chi connectivity index (χ0) is 14.0. The van der Waals surface area contributed by atoms with Crippen molar-refractivity contribution >= 4 is 5.91 Å². The van der Waals surface area contributed by atoms with Gasteiger partial charge in [0.1, 0.15) is 0 Å². The zero-order valence-corrected chi connectivity index (χ0v) is 12.7. The van der Waals surface area contributed by atoms with Crippen LogP contribution in [0.1, 0.15) is 38.5 Å². The second-order valence-electron chi connectivity index (χ2n) is 6.97. The monoisotopic (exact) mass is 280 g/mol. The Morgan fingerprint density at radius 2 is 2.20 bits per heavy atom. The van der Waals surface area contributed by atoms with Gasteiger partial charge in [-0.05, 0) is 44.1 Å². The van der Waals surface area contributed by atoms with Gasteiger partial charge in [-0.2, -0.15) is 0 Å². The number of carbonyl (C=O) groups is 1. The second-order valence-corrected chi connectivity index (χ2v) is 6.97. The lowest BCUT2D eigenvalue weighted by Gasteiger charge is -2.39. The van der Waals surface area contributed by atoms with Crippen LogP contribution in [0.25, 0.3) is 0 Å². The molecule has 0 spiro atoms. The molecule has 3 fully saturated rings. The molecule has 0 radical (unpaired) electrons. The second kappa shape index (κ2) is 6.02. The molecule has 2 saturated carbocycles. The van der Waals surface area contributed by atoms with E-state index < -0.39 is 0 Å². The molecule has 0 aromatic heterocycles. The highest BCUT2D eigenvalue weighted by molar-refractivity contribution is 5.83. The predicted octanol–water partition coefficient (Wildman–Crippen LogP) is 1.65. The number of amides is 1. The van der Waals surface area contributed by atoms with E-state index >= 15 is 0 Å². The fourth-order valence-corrected chi connectivity index (χ4v) is 3.89. The Morgan fingerprint density at radius 1 is 1.35 bits per heavy atom. The Balaban J connectivity index is 1.50.